The number of para-hydroxylation sites is 1. The molecule has 2 aromatic carbocycles. The highest BCUT2D eigenvalue weighted by atomic mass is 32.1. The van der Waals surface area contributed by atoms with Crippen LogP contribution >= 0.6 is 11.3 Å². The van der Waals surface area contributed by atoms with Gasteiger partial charge in [-0.2, -0.15) is 0 Å². The Morgan fingerprint density at radius 2 is 2.07 bits per heavy atom. The number of amides is 1. The normalized spacial score (nSPS) is 10.9. The van der Waals surface area contributed by atoms with Crippen LogP contribution in [-0.2, 0) is 6.54 Å². The van der Waals surface area contributed by atoms with E-state index in [0.717, 1.165) is 10.2 Å². The summed E-state index contributed by atoms with van der Waals surface area (Å²) >= 11 is 1.43. The van der Waals surface area contributed by atoms with E-state index in [2.05, 4.69) is 9.97 Å². The molecular weight excluding hydrogens is 390 g/mol. The van der Waals surface area contributed by atoms with Gasteiger partial charge in [0.2, 0.25) is 0 Å². The van der Waals surface area contributed by atoms with Gasteiger partial charge in [0, 0.05) is 43.2 Å². The molecule has 0 bridgehead atoms. The Bertz CT molecular complexity index is 1120. The maximum atomic E-state index is 13.2. The molecule has 0 radical (unpaired) electrons. The molecule has 0 fully saturated rings. The van der Waals surface area contributed by atoms with Crippen LogP contribution in [0.3, 0.4) is 0 Å². The predicted octanol–water partition coefficient (Wildman–Crippen LogP) is 4.14. The molecule has 9 heteroatoms. The van der Waals surface area contributed by atoms with Crippen molar-refractivity contribution in [2.24, 2.45) is 0 Å². The van der Waals surface area contributed by atoms with E-state index >= 15 is 0 Å². The number of thiazole rings is 1. The molecule has 4 rings (SSSR count). The van der Waals surface area contributed by atoms with Crippen LogP contribution in [0.2, 0.25) is 0 Å². The maximum absolute atomic E-state index is 13.2. The van der Waals surface area contributed by atoms with Crippen molar-refractivity contribution >= 4 is 38.3 Å². The monoisotopic (exact) mass is 407 g/mol. The van der Waals surface area contributed by atoms with Crippen LogP contribution in [0, 0.1) is 10.1 Å². The van der Waals surface area contributed by atoms with Crippen LogP contribution in [0.15, 0.2) is 67.3 Å². The van der Waals surface area contributed by atoms with Crippen molar-refractivity contribution in [3.05, 3.63) is 82.9 Å². The molecule has 2 heterocycles. The number of non-ortho nitro benzene ring substituents is 1. The Morgan fingerprint density at radius 1 is 1.21 bits per heavy atom. The fourth-order valence-electron chi connectivity index (χ4n) is 3.00. The molecule has 29 heavy (non-hydrogen) atoms. The van der Waals surface area contributed by atoms with E-state index in [1.165, 1.54) is 29.5 Å². The Morgan fingerprint density at radius 3 is 2.83 bits per heavy atom. The summed E-state index contributed by atoms with van der Waals surface area (Å²) in [5, 5.41) is 11.7. The lowest BCUT2D eigenvalue weighted by Crippen LogP contribution is -2.32. The zero-order valence-electron chi connectivity index (χ0n) is 15.3. The molecule has 0 saturated heterocycles. The van der Waals surface area contributed by atoms with E-state index < -0.39 is 4.92 Å². The van der Waals surface area contributed by atoms with Crippen LogP contribution in [0.1, 0.15) is 16.8 Å². The van der Waals surface area contributed by atoms with Gasteiger partial charge >= 0.3 is 0 Å². The summed E-state index contributed by atoms with van der Waals surface area (Å²) in [5.74, 6) is -0.307. The zero-order valence-corrected chi connectivity index (χ0v) is 16.2. The van der Waals surface area contributed by atoms with Crippen molar-refractivity contribution < 1.29 is 9.72 Å². The predicted molar refractivity (Wildman–Crippen MR) is 111 cm³/mol. The van der Waals surface area contributed by atoms with E-state index in [1.807, 2.05) is 35.0 Å². The fourth-order valence-corrected chi connectivity index (χ4v) is 3.99. The van der Waals surface area contributed by atoms with Gasteiger partial charge in [0.1, 0.15) is 0 Å². The molecule has 146 valence electrons. The third kappa shape index (κ3) is 4.14. The minimum Gasteiger partial charge on any atom is -0.337 e. The number of nitro benzene ring substituents is 1. The van der Waals surface area contributed by atoms with Crippen LogP contribution in [0.4, 0.5) is 10.8 Å². The number of carbonyl (C=O) groups is 1. The van der Waals surface area contributed by atoms with Gasteiger partial charge in [-0.15, -0.1) is 0 Å². The van der Waals surface area contributed by atoms with E-state index in [1.54, 1.807) is 23.5 Å². The molecule has 2 aromatic heterocycles. The van der Waals surface area contributed by atoms with E-state index in [9.17, 15) is 14.9 Å². The van der Waals surface area contributed by atoms with Crippen molar-refractivity contribution in [2.75, 3.05) is 11.4 Å². The first-order chi connectivity index (χ1) is 14.1. The molecule has 0 aliphatic heterocycles. The van der Waals surface area contributed by atoms with Crippen LogP contribution in [0.25, 0.3) is 10.2 Å². The third-order valence-electron chi connectivity index (χ3n) is 4.42. The number of hydrogen-bond donors (Lipinski definition) is 0. The second-order valence-corrected chi connectivity index (χ2v) is 7.39. The highest BCUT2D eigenvalue weighted by molar-refractivity contribution is 7.22. The van der Waals surface area contributed by atoms with Gasteiger partial charge in [0.15, 0.2) is 5.13 Å². The van der Waals surface area contributed by atoms with Crippen molar-refractivity contribution in [1.82, 2.24) is 14.5 Å². The number of hydrogen-bond acceptors (Lipinski definition) is 6. The standard InChI is InChI=1S/C20H17N5O3S/c26-19(15-5-3-6-16(13-15)25(27)28)24(11-4-10-23-12-9-21-14-23)20-22-17-7-1-2-8-18(17)29-20/h1-3,5-9,12-14H,4,10-11H2. The first kappa shape index (κ1) is 18.8. The molecule has 0 unspecified atom stereocenters. The Labute approximate surface area is 170 Å². The molecule has 0 atom stereocenters. The number of rotatable bonds is 7. The fraction of sp³-hybridized carbons (Fsp3) is 0.150. The number of imidazole rings is 1. The highest BCUT2D eigenvalue weighted by Crippen LogP contribution is 2.30. The van der Waals surface area contributed by atoms with Gasteiger partial charge < -0.3 is 4.57 Å². The molecule has 8 nitrogen and oxygen atoms in total. The van der Waals surface area contributed by atoms with E-state index in [0.29, 0.717) is 24.6 Å². The lowest BCUT2D eigenvalue weighted by molar-refractivity contribution is -0.384. The number of nitro groups is 1. The molecular formula is C20H17N5O3S. The van der Waals surface area contributed by atoms with Gasteiger partial charge in [-0.05, 0) is 24.6 Å². The van der Waals surface area contributed by atoms with Crippen LogP contribution in [0.5, 0.6) is 0 Å². The average molecular weight is 407 g/mol. The molecule has 4 aromatic rings. The summed E-state index contributed by atoms with van der Waals surface area (Å²) in [5.41, 5.74) is 0.971. The van der Waals surface area contributed by atoms with Crippen LogP contribution < -0.4 is 4.90 Å². The Hall–Kier alpha value is -3.59. The van der Waals surface area contributed by atoms with Gasteiger partial charge in [-0.3, -0.25) is 19.8 Å². The first-order valence-electron chi connectivity index (χ1n) is 8.99. The number of anilines is 1. The Kier molecular flexibility index (Phi) is 5.30. The average Bonchev–Trinajstić information content (AvgIpc) is 3.40. The van der Waals surface area contributed by atoms with Gasteiger partial charge in [0.05, 0.1) is 21.5 Å². The molecule has 1 amide bonds. The minimum atomic E-state index is -0.502. The first-order valence-corrected chi connectivity index (χ1v) is 9.81. The second kappa shape index (κ2) is 8.19. The SMILES string of the molecule is O=C(c1cccc([N+](=O)[O-])c1)N(CCCn1ccnc1)c1nc2ccccc2s1. The second-order valence-electron chi connectivity index (χ2n) is 6.38. The van der Waals surface area contributed by atoms with Crippen molar-refractivity contribution in [1.29, 1.82) is 0 Å². The van der Waals surface area contributed by atoms with Crippen molar-refractivity contribution in [3.8, 4) is 0 Å². The summed E-state index contributed by atoms with van der Waals surface area (Å²) < 4.78 is 2.92. The van der Waals surface area contributed by atoms with E-state index in [-0.39, 0.29) is 17.2 Å². The lowest BCUT2D eigenvalue weighted by Gasteiger charge is -2.20. The lowest BCUT2D eigenvalue weighted by atomic mass is 10.1. The van der Waals surface area contributed by atoms with Gasteiger partial charge in [0.25, 0.3) is 11.6 Å². The third-order valence-corrected chi connectivity index (χ3v) is 5.48. The zero-order chi connectivity index (χ0) is 20.2. The number of carbonyl (C=O) groups excluding carboxylic acids is 1. The van der Waals surface area contributed by atoms with Crippen molar-refractivity contribution in [3.63, 3.8) is 0 Å². The number of fused-ring (bicyclic) bond motifs is 1. The van der Waals surface area contributed by atoms with Gasteiger partial charge in [-0.1, -0.05) is 29.5 Å². The summed E-state index contributed by atoms with van der Waals surface area (Å²) in [6.45, 7) is 1.13. The topological polar surface area (TPSA) is 94.2 Å². The molecule has 0 aliphatic carbocycles. The molecule has 0 saturated carbocycles. The van der Waals surface area contributed by atoms with Gasteiger partial charge in [-0.25, -0.2) is 9.97 Å². The number of nitrogens with zero attached hydrogens (tertiary/aromatic N) is 5. The quantitative estimate of drug-likeness (QED) is 0.339. The summed E-state index contributed by atoms with van der Waals surface area (Å²) in [7, 11) is 0. The molecule has 0 spiro atoms. The van der Waals surface area contributed by atoms with Crippen LogP contribution in [-0.4, -0.2) is 31.9 Å². The summed E-state index contributed by atoms with van der Waals surface area (Å²) in [4.78, 5) is 34.1. The number of aromatic nitrogens is 3. The number of aryl methyl sites for hydroxylation is 1. The van der Waals surface area contributed by atoms with E-state index in [4.69, 9.17) is 0 Å². The molecule has 0 aliphatic rings. The smallest absolute Gasteiger partial charge is 0.270 e. The summed E-state index contributed by atoms with van der Waals surface area (Å²) in [6.07, 6.45) is 5.99. The summed E-state index contributed by atoms with van der Waals surface area (Å²) in [6, 6.07) is 13.5. The minimum absolute atomic E-state index is 0.112. The maximum Gasteiger partial charge on any atom is 0.270 e. The highest BCUT2D eigenvalue weighted by Gasteiger charge is 2.22. The number of benzene rings is 2. The van der Waals surface area contributed by atoms with Crippen molar-refractivity contribution in [2.45, 2.75) is 13.0 Å². The Balaban J connectivity index is 1.64. The molecule has 0 N–H and O–H groups in total. The largest absolute Gasteiger partial charge is 0.337 e.